The molecule has 0 saturated carbocycles. The van der Waals surface area contributed by atoms with Crippen LogP contribution < -0.4 is 5.73 Å². The summed E-state index contributed by atoms with van der Waals surface area (Å²) in [7, 11) is -4.37. The van der Waals surface area contributed by atoms with E-state index in [4.69, 9.17) is 33.7 Å². The highest BCUT2D eigenvalue weighted by Crippen LogP contribution is 2.50. The second-order valence-corrected chi connectivity index (χ2v) is 10.0. The summed E-state index contributed by atoms with van der Waals surface area (Å²) in [5.41, 5.74) is 4.95. The van der Waals surface area contributed by atoms with E-state index in [0.717, 1.165) is 0 Å². The van der Waals surface area contributed by atoms with E-state index in [1.165, 1.54) is 0 Å². The Hall–Kier alpha value is -0.0900. The predicted octanol–water partition coefficient (Wildman–Crippen LogP) is 2.39. The second-order valence-electron chi connectivity index (χ2n) is 8.60. The van der Waals surface area contributed by atoms with E-state index in [1.54, 1.807) is 0 Å². The van der Waals surface area contributed by atoms with Gasteiger partial charge in [-0.25, -0.2) is 4.57 Å². The average molecular weight is 439 g/mol. The third kappa shape index (κ3) is 7.23. The number of hydrogen-bond donors (Lipinski definition) is 2. The highest BCUT2D eigenvalue weighted by molar-refractivity contribution is 7.47. The minimum absolute atomic E-state index is 0.00602. The number of ether oxygens (including phenoxy) is 4. The van der Waals surface area contributed by atoms with Crippen molar-refractivity contribution < 1.29 is 37.5 Å². The topological polar surface area (TPSA) is 119 Å². The Labute approximate surface area is 174 Å². The predicted molar refractivity (Wildman–Crippen MR) is 108 cm³/mol. The molecule has 172 valence electrons. The van der Waals surface area contributed by atoms with Crippen molar-refractivity contribution in [3.63, 3.8) is 0 Å². The van der Waals surface area contributed by atoms with Gasteiger partial charge in [0.2, 0.25) is 0 Å². The highest BCUT2D eigenvalue weighted by atomic mass is 31.2. The molecule has 0 amide bonds. The van der Waals surface area contributed by atoms with Gasteiger partial charge in [0.15, 0.2) is 0 Å². The van der Waals surface area contributed by atoms with E-state index in [0.29, 0.717) is 12.8 Å². The summed E-state index contributed by atoms with van der Waals surface area (Å²) < 4.78 is 46.7. The molecule has 3 unspecified atom stereocenters. The Bertz CT molecular complexity index is 562. The lowest BCUT2D eigenvalue weighted by atomic mass is 9.97. The zero-order valence-electron chi connectivity index (χ0n) is 18.4. The van der Waals surface area contributed by atoms with Gasteiger partial charge in [0.05, 0.1) is 43.7 Å². The first-order valence-corrected chi connectivity index (χ1v) is 11.9. The lowest BCUT2D eigenvalue weighted by Crippen LogP contribution is -2.51. The summed E-state index contributed by atoms with van der Waals surface area (Å²) >= 11 is 0. The fourth-order valence-electron chi connectivity index (χ4n) is 3.77. The molecule has 7 atom stereocenters. The molecule has 3 N–H and O–H groups in total. The molecule has 0 aromatic rings. The normalized spacial score (nSPS) is 37.5. The van der Waals surface area contributed by atoms with Crippen molar-refractivity contribution in [2.45, 2.75) is 103 Å². The summed E-state index contributed by atoms with van der Waals surface area (Å²) in [5.74, 6) is 0. The average Bonchev–Trinajstić information content (AvgIpc) is 3.09. The minimum atomic E-state index is -4.37. The smallest absolute Gasteiger partial charge is 0.376 e. The Kier molecular flexibility index (Phi) is 9.10. The minimum Gasteiger partial charge on any atom is -0.376 e. The lowest BCUT2D eigenvalue weighted by Gasteiger charge is -2.34. The molecule has 2 aliphatic heterocycles. The monoisotopic (exact) mass is 439 g/mol. The highest BCUT2D eigenvalue weighted by Gasteiger charge is 2.51. The molecule has 2 saturated heterocycles. The van der Waals surface area contributed by atoms with E-state index in [1.807, 2.05) is 41.5 Å². The molecule has 2 fully saturated rings. The Balaban J connectivity index is 1.98. The van der Waals surface area contributed by atoms with Crippen LogP contribution in [0, 0.1) is 0 Å². The van der Waals surface area contributed by atoms with E-state index in [-0.39, 0.29) is 50.3 Å². The van der Waals surface area contributed by atoms with Gasteiger partial charge in [0, 0.05) is 19.4 Å². The van der Waals surface area contributed by atoms with Crippen molar-refractivity contribution in [2.75, 3.05) is 19.8 Å². The van der Waals surface area contributed by atoms with Crippen LogP contribution in [0.25, 0.3) is 0 Å². The maximum atomic E-state index is 12.7. The fraction of sp³-hybridized carbons (Fsp3) is 1.00. The quantitative estimate of drug-likeness (QED) is 0.468. The Morgan fingerprint density at radius 3 is 2.45 bits per heavy atom. The standard InChI is InChI=1S/C19H38NO8P/c1-12(2)23-11-19(10-20)18(8-15(6)27-19)28-29(21,22)24-9-17-16(25-13(3)4)7-14(5)26-17/h12-18H,7-11,20H2,1-6H3,(H,21,22)/t14-,15-,16?,17?,18+,19+/m0/s1. The van der Waals surface area contributed by atoms with Crippen LogP contribution in [0.5, 0.6) is 0 Å². The molecule has 2 rings (SSSR count). The van der Waals surface area contributed by atoms with Crippen molar-refractivity contribution in [3.05, 3.63) is 0 Å². The molecule has 0 aromatic carbocycles. The number of rotatable bonds is 11. The van der Waals surface area contributed by atoms with Crippen LogP contribution >= 0.6 is 7.82 Å². The molecule has 0 bridgehead atoms. The van der Waals surface area contributed by atoms with Gasteiger partial charge < -0.3 is 29.6 Å². The van der Waals surface area contributed by atoms with E-state index < -0.39 is 25.6 Å². The number of phosphoric ester groups is 1. The third-order valence-corrected chi connectivity index (χ3v) is 6.07. The zero-order valence-corrected chi connectivity index (χ0v) is 19.3. The summed E-state index contributed by atoms with van der Waals surface area (Å²) in [6.45, 7) is 11.7. The van der Waals surface area contributed by atoms with Crippen LogP contribution in [0.4, 0.5) is 0 Å². The Morgan fingerprint density at radius 1 is 1.17 bits per heavy atom. The third-order valence-electron chi connectivity index (χ3n) is 5.07. The molecule has 0 spiro atoms. The number of hydrogen-bond acceptors (Lipinski definition) is 8. The van der Waals surface area contributed by atoms with Gasteiger partial charge in [0.1, 0.15) is 17.8 Å². The first-order chi connectivity index (χ1) is 13.5. The van der Waals surface area contributed by atoms with Crippen molar-refractivity contribution in [3.8, 4) is 0 Å². The van der Waals surface area contributed by atoms with Gasteiger partial charge in [-0.05, 0) is 41.5 Å². The summed E-state index contributed by atoms with van der Waals surface area (Å²) in [5, 5.41) is 0. The SMILES string of the molecule is CC(C)OC[C@@]1(CN)O[C@@H](C)C[C@H]1OP(=O)(O)OCC1O[C@@H](C)CC1OC(C)C. The molecule has 2 aliphatic rings. The molecule has 0 radical (unpaired) electrons. The first-order valence-electron chi connectivity index (χ1n) is 10.4. The molecular weight excluding hydrogens is 401 g/mol. The molecule has 2 heterocycles. The van der Waals surface area contributed by atoms with Crippen LogP contribution in [0.15, 0.2) is 0 Å². The van der Waals surface area contributed by atoms with Crippen molar-refractivity contribution in [1.82, 2.24) is 0 Å². The van der Waals surface area contributed by atoms with Crippen molar-refractivity contribution >= 4 is 7.82 Å². The summed E-state index contributed by atoms with van der Waals surface area (Å²) in [6.07, 6.45) is -0.408. The largest absolute Gasteiger partial charge is 0.472 e. The van der Waals surface area contributed by atoms with Gasteiger partial charge in [-0.1, -0.05) is 0 Å². The number of phosphoric acid groups is 1. The molecule has 0 aliphatic carbocycles. The Morgan fingerprint density at radius 2 is 1.86 bits per heavy atom. The van der Waals surface area contributed by atoms with Gasteiger partial charge >= 0.3 is 7.82 Å². The fourth-order valence-corrected chi connectivity index (χ4v) is 4.77. The van der Waals surface area contributed by atoms with Crippen LogP contribution in [0.2, 0.25) is 0 Å². The van der Waals surface area contributed by atoms with Crippen LogP contribution in [0.3, 0.4) is 0 Å². The zero-order chi connectivity index (χ0) is 21.8. The summed E-state index contributed by atoms with van der Waals surface area (Å²) in [6, 6.07) is 0. The molecule has 0 aromatic heterocycles. The molecular formula is C19H38NO8P. The van der Waals surface area contributed by atoms with Crippen LogP contribution in [0.1, 0.15) is 54.4 Å². The van der Waals surface area contributed by atoms with Gasteiger partial charge in [-0.15, -0.1) is 0 Å². The van der Waals surface area contributed by atoms with E-state index in [2.05, 4.69) is 0 Å². The van der Waals surface area contributed by atoms with Crippen molar-refractivity contribution in [1.29, 1.82) is 0 Å². The van der Waals surface area contributed by atoms with Gasteiger partial charge in [0.25, 0.3) is 0 Å². The molecule has 9 nitrogen and oxygen atoms in total. The molecule has 10 heteroatoms. The van der Waals surface area contributed by atoms with Gasteiger partial charge in [-0.3, -0.25) is 9.05 Å². The number of nitrogens with two attached hydrogens (primary N) is 1. The maximum absolute atomic E-state index is 12.7. The maximum Gasteiger partial charge on any atom is 0.472 e. The van der Waals surface area contributed by atoms with Crippen molar-refractivity contribution in [2.24, 2.45) is 5.73 Å². The lowest BCUT2D eigenvalue weighted by molar-refractivity contribution is -0.126. The van der Waals surface area contributed by atoms with Crippen LogP contribution in [-0.4, -0.2) is 73.0 Å². The van der Waals surface area contributed by atoms with Gasteiger partial charge in [-0.2, -0.15) is 0 Å². The second kappa shape index (κ2) is 10.5. The first kappa shape index (κ1) is 25.2. The van der Waals surface area contributed by atoms with E-state index in [9.17, 15) is 9.46 Å². The summed E-state index contributed by atoms with van der Waals surface area (Å²) in [4.78, 5) is 10.3. The van der Waals surface area contributed by atoms with E-state index >= 15 is 0 Å². The molecule has 29 heavy (non-hydrogen) atoms. The van der Waals surface area contributed by atoms with Crippen LogP contribution in [-0.2, 0) is 32.6 Å².